The zero-order valence-electron chi connectivity index (χ0n) is 11.4. The van der Waals surface area contributed by atoms with Gasteiger partial charge in [0.2, 0.25) is 5.91 Å². The molecule has 104 valence electrons. The summed E-state index contributed by atoms with van der Waals surface area (Å²) in [5.41, 5.74) is 0.472. The summed E-state index contributed by atoms with van der Waals surface area (Å²) in [7, 11) is 0. The van der Waals surface area contributed by atoms with E-state index in [0.29, 0.717) is 17.7 Å². The van der Waals surface area contributed by atoms with Gasteiger partial charge in [0.15, 0.2) is 0 Å². The molecule has 0 unspecified atom stereocenters. The number of benzene rings is 1. The van der Waals surface area contributed by atoms with Gasteiger partial charge in [0.25, 0.3) is 0 Å². The van der Waals surface area contributed by atoms with E-state index < -0.39 is 11.4 Å². The monoisotopic (exact) mass is 281 g/mol. The molecule has 2 N–H and O–H groups in total. The summed E-state index contributed by atoms with van der Waals surface area (Å²) in [6.45, 7) is 3.31. The van der Waals surface area contributed by atoms with Crippen LogP contribution in [0.2, 0.25) is 0 Å². The maximum Gasteiger partial charge on any atom is 0.313 e. The Morgan fingerprint density at radius 2 is 1.84 bits per heavy atom. The number of carboxylic acid groups (broad SMARTS) is 1. The van der Waals surface area contributed by atoms with Crippen LogP contribution in [0, 0.1) is 0 Å². The number of carbonyl (C=O) groups excluding carboxylic acids is 1. The van der Waals surface area contributed by atoms with E-state index >= 15 is 0 Å². The minimum atomic E-state index is -0.929. The van der Waals surface area contributed by atoms with Crippen LogP contribution in [0.15, 0.2) is 24.3 Å². The van der Waals surface area contributed by atoms with E-state index in [2.05, 4.69) is 5.32 Å². The van der Waals surface area contributed by atoms with Crippen molar-refractivity contribution < 1.29 is 14.7 Å². The van der Waals surface area contributed by atoms with Crippen molar-refractivity contribution in [3.8, 4) is 0 Å². The van der Waals surface area contributed by atoms with Crippen molar-refractivity contribution in [3.05, 3.63) is 29.8 Å². The van der Waals surface area contributed by atoms with Gasteiger partial charge < -0.3 is 10.4 Å². The van der Waals surface area contributed by atoms with Crippen molar-refractivity contribution in [2.24, 2.45) is 0 Å². The first kappa shape index (κ1) is 15.6. The van der Waals surface area contributed by atoms with Gasteiger partial charge in [-0.05, 0) is 37.8 Å². The van der Waals surface area contributed by atoms with Gasteiger partial charge in [-0.2, -0.15) is 11.8 Å². The van der Waals surface area contributed by atoms with E-state index in [-0.39, 0.29) is 5.91 Å². The SMILES string of the molecule is CSCCC(=O)Nc1ccc(C(C)(C)C(=O)O)cc1. The standard InChI is InChI=1S/C14H19NO3S/c1-14(2,13(17)18)10-4-6-11(7-5-10)15-12(16)8-9-19-3/h4-7H,8-9H2,1-3H3,(H,15,16)(H,17,18). The Labute approximate surface area is 117 Å². The summed E-state index contributed by atoms with van der Waals surface area (Å²) in [4.78, 5) is 22.7. The van der Waals surface area contributed by atoms with Gasteiger partial charge in [0.1, 0.15) is 0 Å². The quantitative estimate of drug-likeness (QED) is 0.841. The average molecular weight is 281 g/mol. The van der Waals surface area contributed by atoms with Crippen LogP contribution in [0.5, 0.6) is 0 Å². The fraction of sp³-hybridized carbons (Fsp3) is 0.429. The van der Waals surface area contributed by atoms with E-state index in [4.69, 9.17) is 5.11 Å². The zero-order valence-corrected chi connectivity index (χ0v) is 12.2. The highest BCUT2D eigenvalue weighted by atomic mass is 32.2. The number of amides is 1. The third-order valence-electron chi connectivity index (χ3n) is 2.96. The van der Waals surface area contributed by atoms with Gasteiger partial charge in [-0.15, -0.1) is 0 Å². The first-order valence-electron chi connectivity index (χ1n) is 6.00. The summed E-state index contributed by atoms with van der Waals surface area (Å²) < 4.78 is 0. The molecule has 5 heteroatoms. The Morgan fingerprint density at radius 1 is 1.26 bits per heavy atom. The van der Waals surface area contributed by atoms with Gasteiger partial charge in [0, 0.05) is 17.9 Å². The Kier molecular flexibility index (Phi) is 5.42. The summed E-state index contributed by atoms with van der Waals surface area (Å²) in [5.74, 6) is -0.112. The van der Waals surface area contributed by atoms with Crippen LogP contribution in [-0.4, -0.2) is 29.0 Å². The normalized spacial score (nSPS) is 11.1. The second-order valence-electron chi connectivity index (χ2n) is 4.80. The van der Waals surface area contributed by atoms with Crippen LogP contribution < -0.4 is 5.32 Å². The van der Waals surface area contributed by atoms with Crippen molar-refractivity contribution in [1.29, 1.82) is 0 Å². The van der Waals surface area contributed by atoms with E-state index in [1.165, 1.54) is 0 Å². The Bertz CT molecular complexity index is 454. The molecule has 0 aliphatic carbocycles. The molecule has 0 aromatic heterocycles. The third-order valence-corrected chi connectivity index (χ3v) is 3.57. The zero-order chi connectivity index (χ0) is 14.5. The van der Waals surface area contributed by atoms with Gasteiger partial charge in [-0.3, -0.25) is 9.59 Å². The lowest BCUT2D eigenvalue weighted by molar-refractivity contribution is -0.142. The van der Waals surface area contributed by atoms with E-state index in [9.17, 15) is 9.59 Å². The number of aliphatic carboxylic acids is 1. The van der Waals surface area contributed by atoms with Crippen LogP contribution >= 0.6 is 11.8 Å². The first-order chi connectivity index (χ1) is 8.87. The van der Waals surface area contributed by atoms with Crippen molar-refractivity contribution in [2.75, 3.05) is 17.3 Å². The van der Waals surface area contributed by atoms with E-state index in [1.807, 2.05) is 6.26 Å². The Hall–Kier alpha value is -1.49. The lowest BCUT2D eigenvalue weighted by Gasteiger charge is -2.19. The highest BCUT2D eigenvalue weighted by Crippen LogP contribution is 2.24. The van der Waals surface area contributed by atoms with Crippen molar-refractivity contribution in [1.82, 2.24) is 0 Å². The molecular weight excluding hydrogens is 262 g/mol. The second-order valence-corrected chi connectivity index (χ2v) is 5.78. The number of thioether (sulfide) groups is 1. The molecule has 0 aliphatic heterocycles. The van der Waals surface area contributed by atoms with Crippen LogP contribution in [0.25, 0.3) is 0 Å². The molecule has 0 fully saturated rings. The predicted molar refractivity (Wildman–Crippen MR) is 78.7 cm³/mol. The number of carboxylic acids is 1. The number of nitrogens with one attached hydrogen (secondary N) is 1. The number of rotatable bonds is 6. The molecular formula is C14H19NO3S. The third kappa shape index (κ3) is 4.28. The van der Waals surface area contributed by atoms with Crippen LogP contribution in [0.4, 0.5) is 5.69 Å². The van der Waals surface area contributed by atoms with Crippen LogP contribution in [0.3, 0.4) is 0 Å². The molecule has 0 heterocycles. The van der Waals surface area contributed by atoms with Gasteiger partial charge in [-0.25, -0.2) is 0 Å². The maximum absolute atomic E-state index is 11.5. The average Bonchev–Trinajstić information content (AvgIpc) is 2.36. The summed E-state index contributed by atoms with van der Waals surface area (Å²) in [6, 6.07) is 6.94. The molecule has 0 saturated heterocycles. The molecule has 0 spiro atoms. The Balaban J connectivity index is 2.72. The van der Waals surface area contributed by atoms with E-state index in [1.54, 1.807) is 49.9 Å². The molecule has 4 nitrogen and oxygen atoms in total. The fourth-order valence-electron chi connectivity index (χ4n) is 1.51. The number of carbonyl (C=O) groups is 2. The lowest BCUT2D eigenvalue weighted by atomic mass is 9.85. The van der Waals surface area contributed by atoms with E-state index in [0.717, 1.165) is 5.75 Å². The molecule has 0 bridgehead atoms. The highest BCUT2D eigenvalue weighted by Gasteiger charge is 2.29. The molecule has 1 aromatic carbocycles. The van der Waals surface area contributed by atoms with Crippen molar-refractivity contribution >= 4 is 29.3 Å². The molecule has 0 atom stereocenters. The smallest absolute Gasteiger partial charge is 0.313 e. The largest absolute Gasteiger partial charge is 0.481 e. The van der Waals surface area contributed by atoms with Crippen LogP contribution in [0.1, 0.15) is 25.8 Å². The first-order valence-corrected chi connectivity index (χ1v) is 7.40. The molecule has 1 rings (SSSR count). The molecule has 0 aliphatic rings. The molecule has 0 saturated carbocycles. The molecule has 1 amide bonds. The lowest BCUT2D eigenvalue weighted by Crippen LogP contribution is -2.28. The van der Waals surface area contributed by atoms with Gasteiger partial charge >= 0.3 is 5.97 Å². The summed E-state index contributed by atoms with van der Waals surface area (Å²) >= 11 is 1.62. The fourth-order valence-corrected chi connectivity index (χ4v) is 1.90. The topological polar surface area (TPSA) is 66.4 Å². The molecule has 1 aromatic rings. The number of hydrogen-bond donors (Lipinski definition) is 2. The molecule has 19 heavy (non-hydrogen) atoms. The minimum Gasteiger partial charge on any atom is -0.481 e. The summed E-state index contributed by atoms with van der Waals surface area (Å²) in [6.07, 6.45) is 2.43. The van der Waals surface area contributed by atoms with Gasteiger partial charge in [-0.1, -0.05) is 12.1 Å². The highest BCUT2D eigenvalue weighted by molar-refractivity contribution is 7.98. The van der Waals surface area contributed by atoms with Crippen LogP contribution in [-0.2, 0) is 15.0 Å². The molecule has 0 radical (unpaired) electrons. The van der Waals surface area contributed by atoms with Gasteiger partial charge in [0.05, 0.1) is 5.41 Å². The second kappa shape index (κ2) is 6.61. The Morgan fingerprint density at radius 3 is 2.32 bits per heavy atom. The maximum atomic E-state index is 11.5. The minimum absolute atomic E-state index is 0.0282. The van der Waals surface area contributed by atoms with Crippen molar-refractivity contribution in [2.45, 2.75) is 25.7 Å². The number of hydrogen-bond acceptors (Lipinski definition) is 3. The number of anilines is 1. The summed E-state index contributed by atoms with van der Waals surface area (Å²) in [5, 5.41) is 11.9. The predicted octanol–water partition coefficient (Wildman–Crippen LogP) is 2.74. The van der Waals surface area contributed by atoms with Crippen molar-refractivity contribution in [3.63, 3.8) is 0 Å².